The van der Waals surface area contributed by atoms with Crippen molar-refractivity contribution in [2.75, 3.05) is 0 Å². The fourth-order valence-electron chi connectivity index (χ4n) is 17.2. The smallest absolute Gasteiger partial charge is 0.232 e. The number of nitrogens with zero attached hydrogens (tertiary/aromatic N) is 11. The highest BCUT2D eigenvalue weighted by atomic mass is 19.4. The van der Waals surface area contributed by atoms with Crippen LogP contribution in [0.25, 0.3) is 117 Å². The first-order chi connectivity index (χ1) is 62.5. The Morgan fingerprint density at radius 2 is 0.489 bits per heavy atom. The maximum absolute atomic E-state index is 15.2. The predicted molar refractivity (Wildman–Crippen MR) is 490 cm³/mol. The second-order valence-corrected chi connectivity index (χ2v) is 33.9. The third-order valence-electron chi connectivity index (χ3n) is 25.7. The largest absolute Gasteiger partial charge is 0.417 e. The molecular formula is C109H112F13N11+10. The summed E-state index contributed by atoms with van der Waals surface area (Å²) in [5.41, 5.74) is 20.8. The van der Waals surface area contributed by atoms with Crippen LogP contribution < -0.4 is 45.7 Å². The van der Waals surface area contributed by atoms with Gasteiger partial charge in [0.1, 0.15) is 93.7 Å². The Morgan fingerprint density at radius 3 is 0.759 bits per heavy atom. The first-order valence-corrected chi connectivity index (χ1v) is 43.1. The van der Waals surface area contributed by atoms with Gasteiger partial charge in [-0.05, 0) is 167 Å². The highest BCUT2D eigenvalue weighted by Gasteiger charge is 2.46. The summed E-state index contributed by atoms with van der Waals surface area (Å²) in [6.45, 7) is 35.7. The molecule has 0 bridgehead atoms. The van der Waals surface area contributed by atoms with Gasteiger partial charge in [0.2, 0.25) is 56.9 Å². The highest BCUT2D eigenvalue weighted by Crippen LogP contribution is 2.49. The second-order valence-electron chi connectivity index (χ2n) is 33.9. The van der Waals surface area contributed by atoms with Crippen LogP contribution in [0.3, 0.4) is 0 Å². The fourth-order valence-corrected chi connectivity index (χ4v) is 17.2. The van der Waals surface area contributed by atoms with E-state index >= 15 is 8.78 Å². The average molecular weight is 1820 g/mol. The van der Waals surface area contributed by atoms with E-state index < -0.39 is 64.2 Å². The molecule has 0 saturated heterocycles. The molecule has 0 aliphatic heterocycles. The zero-order valence-corrected chi connectivity index (χ0v) is 79.7. The molecule has 0 amide bonds. The lowest BCUT2D eigenvalue weighted by Crippen LogP contribution is -2.36. The van der Waals surface area contributed by atoms with Gasteiger partial charge in [0, 0.05) is 182 Å². The number of hydrogen-bond acceptors (Lipinski definition) is 0. The van der Waals surface area contributed by atoms with Gasteiger partial charge in [0.25, 0.3) is 5.69 Å². The Kier molecular flexibility index (Phi) is 30.1. The topological polar surface area (TPSA) is 43.2 Å². The molecule has 15 aromatic rings. The minimum absolute atomic E-state index is 0.0791. The van der Waals surface area contributed by atoms with Crippen LogP contribution in [0.4, 0.5) is 62.8 Å². The molecule has 0 fully saturated rings. The van der Waals surface area contributed by atoms with Gasteiger partial charge in [-0.2, -0.15) is 76.1 Å². The first-order valence-electron chi connectivity index (χ1n) is 43.1. The molecule has 684 valence electrons. The molecule has 0 aliphatic carbocycles. The number of halogens is 13. The number of aryl methyl sites for hydroxylation is 12. The molecule has 0 spiro atoms. The summed E-state index contributed by atoms with van der Waals surface area (Å²) in [7, 11) is 18.6. The van der Waals surface area contributed by atoms with Crippen LogP contribution in [0.2, 0.25) is 0 Å². The van der Waals surface area contributed by atoms with Crippen molar-refractivity contribution >= 4 is 5.69 Å². The van der Waals surface area contributed by atoms with Crippen LogP contribution in [0.1, 0.15) is 101 Å². The average Bonchev–Trinajstić information content (AvgIpc) is 0.683. The van der Waals surface area contributed by atoms with Crippen molar-refractivity contribution in [3.05, 3.63) is 361 Å². The maximum atomic E-state index is 15.2. The first kappa shape index (κ1) is 99.7. The molecule has 24 heteroatoms. The third kappa shape index (κ3) is 20.3. The molecule has 0 aliphatic rings. The lowest BCUT2D eigenvalue weighted by molar-refractivity contribution is -0.667. The van der Waals surface area contributed by atoms with Crippen molar-refractivity contribution in [3.63, 3.8) is 0 Å². The fraction of sp³-hybridized carbons (Fsp3) is 0.257. The van der Waals surface area contributed by atoms with Crippen LogP contribution in [0.15, 0.2) is 225 Å². The van der Waals surface area contributed by atoms with Gasteiger partial charge in [-0.25, -0.2) is 31.5 Å². The summed E-state index contributed by atoms with van der Waals surface area (Å²) in [6.07, 6.45) is -10.1. The molecule has 5 aromatic carbocycles. The summed E-state index contributed by atoms with van der Waals surface area (Å²) >= 11 is 0. The monoisotopic (exact) mass is 1820 g/mol. The van der Waals surface area contributed by atoms with Crippen LogP contribution in [-0.2, 0) is 89.0 Å². The molecule has 11 nitrogen and oxygen atoms in total. The van der Waals surface area contributed by atoms with E-state index in [9.17, 15) is 48.3 Å². The predicted octanol–water partition coefficient (Wildman–Crippen LogP) is 22.1. The van der Waals surface area contributed by atoms with Crippen molar-refractivity contribution in [2.24, 2.45) is 70.5 Å². The summed E-state index contributed by atoms with van der Waals surface area (Å²) in [5.74, 6) is -2.73. The van der Waals surface area contributed by atoms with Gasteiger partial charge in [-0.1, -0.05) is 6.07 Å². The van der Waals surface area contributed by atoms with Gasteiger partial charge in [0.15, 0.2) is 57.9 Å². The van der Waals surface area contributed by atoms with E-state index in [1.165, 1.54) is 70.4 Å². The van der Waals surface area contributed by atoms with E-state index in [1.807, 2.05) is 215 Å². The number of benzene rings is 5. The molecule has 0 N–H and O–H groups in total. The van der Waals surface area contributed by atoms with E-state index in [4.69, 9.17) is 6.57 Å². The van der Waals surface area contributed by atoms with Crippen LogP contribution >= 0.6 is 0 Å². The summed E-state index contributed by atoms with van der Waals surface area (Å²) in [4.78, 5) is 3.17. The highest BCUT2D eigenvalue weighted by molar-refractivity contribution is 5.83. The minimum Gasteiger partial charge on any atom is -0.232 e. The Balaban J connectivity index is 0.000000161. The maximum Gasteiger partial charge on any atom is 0.417 e. The molecule has 0 unspecified atom stereocenters. The molecule has 133 heavy (non-hydrogen) atoms. The van der Waals surface area contributed by atoms with Crippen LogP contribution in [0, 0.1) is 134 Å². The number of pyridine rings is 10. The molecule has 0 radical (unpaired) electrons. The van der Waals surface area contributed by atoms with Crippen LogP contribution in [-0.4, -0.2) is 0 Å². The lowest BCUT2D eigenvalue weighted by Gasteiger charge is -2.21. The number of alkyl halides is 9. The Bertz CT molecular complexity index is 6670. The SMILES string of the molecule is Cc1c(-c2cccc(C)[n+]2C)c(C(F)(F)F)cc(C(F)(F)F)c1-c1cccc(C)[n+]1C.Cc1c(-c2cccc(C)[n+]2C)c(F)cc(F)c1-c1cccc(C)[n+]1C.Cc1c(-c2cccc(C)[n+]2C)cc(C(F)(F)F)cc1-c1cccc(C)[n+]1C.Cc1ccc[n+](C)c1-c1cccc(-c2c(C)ccc[n+]2C)c1C.[C-]#[N+]c1c(F)c(-c2cccc(C)[n+]2C)c(C)c(-c2cccc(C)[n+]2C)c1F. The zero-order valence-electron chi connectivity index (χ0n) is 79.7. The Labute approximate surface area is 770 Å². The summed E-state index contributed by atoms with van der Waals surface area (Å²) in [6, 6.07) is 62.3. The Morgan fingerprint density at radius 1 is 0.248 bits per heavy atom. The number of hydrogen-bond donors (Lipinski definition) is 0. The standard InChI is InChI=1S/C23H22F6N2.C22H23F3N2.C22H21F2N3.C21H22F2N2.C21H24N2/c1-13-8-6-10-18(30(13)4)20-15(3)21(19-11-7-9-14(2)31(19)5)17(23(27,28)29)12-16(20)22(24,25)26;1-14-8-6-10-20(26(14)4)18-12-17(22(23,24)25)13-19(16(18)3)21-11-7-9-15(2)27(21)5;1-13-9-7-11-16(26(13)5)18-15(3)19(21(24)22(25-4)20(18)23)17-12-8-10-14(2)27(17)6;1-13-8-6-10-18(24(13)4)20-15(3)21(17(23)12-16(20)22)19-11-7-9-14(2)25(19)5;1-15-9-7-13-22(4)20(15)18-11-6-12-19(17(18)3)21-16(2)10-8-14-23(21)5/h6-12H,1-5H3;6-13H,1-5H3;7-12H,1-3,5-6H3;6-12H,1-5H3;6-14H,1-5H3/q5*+2. The lowest BCUT2D eigenvalue weighted by atomic mass is 9.87. The number of rotatable bonds is 10. The Hall–Kier alpha value is -13.8. The van der Waals surface area contributed by atoms with Crippen molar-refractivity contribution in [1.82, 2.24) is 0 Å². The van der Waals surface area contributed by atoms with Gasteiger partial charge >= 0.3 is 18.5 Å². The second kappa shape index (κ2) is 40.1. The summed E-state index contributed by atoms with van der Waals surface area (Å²) < 4.78 is 204. The van der Waals surface area contributed by atoms with E-state index in [0.717, 1.165) is 68.6 Å². The van der Waals surface area contributed by atoms with E-state index in [2.05, 4.69) is 104 Å². The molecule has 0 saturated carbocycles. The molecule has 15 rings (SSSR count). The van der Waals surface area contributed by atoms with Gasteiger partial charge in [-0.3, -0.25) is 0 Å². The van der Waals surface area contributed by atoms with E-state index in [0.29, 0.717) is 56.2 Å². The van der Waals surface area contributed by atoms with Gasteiger partial charge < -0.3 is 0 Å². The van der Waals surface area contributed by atoms with E-state index in [-0.39, 0.29) is 45.3 Å². The van der Waals surface area contributed by atoms with Crippen molar-refractivity contribution < 1.29 is 103 Å². The normalized spacial score (nSPS) is 11.4. The van der Waals surface area contributed by atoms with E-state index in [1.54, 1.807) is 87.3 Å². The van der Waals surface area contributed by atoms with Gasteiger partial charge in [0.05, 0.1) is 78.9 Å². The van der Waals surface area contributed by atoms with Gasteiger partial charge in [-0.15, -0.1) is 0 Å². The van der Waals surface area contributed by atoms with Crippen molar-refractivity contribution in [3.8, 4) is 113 Å². The molecule has 10 aromatic heterocycles. The molecule has 10 heterocycles. The minimum atomic E-state index is -4.97. The number of aromatic nitrogens is 10. The summed E-state index contributed by atoms with van der Waals surface area (Å²) in [5, 5.41) is 0. The molecule has 0 atom stereocenters. The van der Waals surface area contributed by atoms with Crippen LogP contribution in [0.5, 0.6) is 0 Å². The third-order valence-corrected chi connectivity index (χ3v) is 25.7. The quantitative estimate of drug-likeness (QED) is 0.0744. The van der Waals surface area contributed by atoms with Crippen molar-refractivity contribution in [2.45, 2.75) is 122 Å². The zero-order chi connectivity index (χ0) is 98.0. The van der Waals surface area contributed by atoms with Crippen molar-refractivity contribution in [1.29, 1.82) is 0 Å². The molecular weight excluding hydrogens is 1710 g/mol.